The molecule has 14 heavy (non-hydrogen) atoms. The molecule has 0 saturated heterocycles. The van der Waals surface area contributed by atoms with Crippen molar-refractivity contribution in [2.75, 3.05) is 5.73 Å². The maximum absolute atomic E-state index is 5.79. The minimum Gasteiger partial charge on any atom is -0.383 e. The number of rotatable bonds is 2. The zero-order chi connectivity index (χ0) is 10.6. The molecule has 0 unspecified atom stereocenters. The van der Waals surface area contributed by atoms with Gasteiger partial charge in [-0.25, -0.2) is 9.97 Å². The summed E-state index contributed by atoms with van der Waals surface area (Å²) in [5.74, 6) is 2.18. The first-order chi connectivity index (χ1) is 6.81. The van der Waals surface area contributed by atoms with Crippen LogP contribution in [0.5, 0.6) is 0 Å². The fourth-order valence-corrected chi connectivity index (χ4v) is 1.32. The molecule has 3 nitrogen and oxygen atoms in total. The monoisotopic (exact) mass is 193 g/mol. The first kappa shape index (κ1) is 11.0. The zero-order valence-electron chi connectivity index (χ0n) is 9.25. The Morgan fingerprint density at radius 1 is 1.43 bits per heavy atom. The van der Waals surface area contributed by atoms with Crippen LogP contribution in [-0.2, 0) is 6.42 Å². The lowest BCUT2D eigenvalue weighted by Crippen LogP contribution is -2.02. The lowest BCUT2D eigenvalue weighted by Gasteiger charge is -2.03. The number of anilines is 1. The van der Waals surface area contributed by atoms with Gasteiger partial charge in [-0.1, -0.05) is 20.8 Å². The predicted octanol–water partition coefficient (Wildman–Crippen LogP) is 2.52. The molecule has 0 bridgehead atoms. The van der Waals surface area contributed by atoms with Crippen LogP contribution in [0.1, 0.15) is 50.9 Å². The van der Waals surface area contributed by atoms with Crippen molar-refractivity contribution in [3.63, 3.8) is 0 Å². The molecule has 1 aliphatic rings. The average molecular weight is 193 g/mol. The van der Waals surface area contributed by atoms with Crippen LogP contribution in [-0.4, -0.2) is 9.97 Å². The predicted molar refractivity (Wildman–Crippen MR) is 59.1 cm³/mol. The molecular formula is C11H19N3. The number of nitrogen functional groups attached to an aromatic ring is 1. The van der Waals surface area contributed by atoms with Gasteiger partial charge in [-0.3, -0.25) is 0 Å². The van der Waals surface area contributed by atoms with Crippen LogP contribution in [0.4, 0.5) is 5.82 Å². The van der Waals surface area contributed by atoms with Crippen LogP contribution in [0.2, 0.25) is 0 Å². The molecule has 0 amide bonds. The maximum atomic E-state index is 5.79. The Bertz CT molecular complexity index is 293. The van der Waals surface area contributed by atoms with E-state index in [-0.39, 0.29) is 0 Å². The smallest absolute Gasteiger partial charge is 0.130 e. The van der Waals surface area contributed by atoms with E-state index in [9.17, 15) is 0 Å². The largest absolute Gasteiger partial charge is 0.383 e. The summed E-state index contributed by atoms with van der Waals surface area (Å²) in [6, 6.07) is 0. The van der Waals surface area contributed by atoms with Crippen molar-refractivity contribution in [1.29, 1.82) is 0 Å². The van der Waals surface area contributed by atoms with Crippen LogP contribution in [0.3, 0.4) is 0 Å². The molecule has 1 aliphatic carbocycles. The Labute approximate surface area is 85.8 Å². The molecule has 0 atom stereocenters. The molecule has 2 rings (SSSR count). The second-order valence-electron chi connectivity index (χ2n) is 3.25. The second kappa shape index (κ2) is 4.94. The highest BCUT2D eigenvalue weighted by atomic mass is 14.9. The molecule has 78 valence electrons. The third kappa shape index (κ3) is 2.44. The molecule has 1 aromatic rings. The normalized spacial score (nSPS) is 14.5. The summed E-state index contributed by atoms with van der Waals surface area (Å²) in [5, 5.41) is 0. The Kier molecular flexibility index (Phi) is 3.86. The minimum absolute atomic E-state index is 0.649. The molecular weight excluding hydrogens is 174 g/mol. The van der Waals surface area contributed by atoms with Gasteiger partial charge in [0.2, 0.25) is 0 Å². The van der Waals surface area contributed by atoms with E-state index in [1.807, 2.05) is 27.0 Å². The van der Waals surface area contributed by atoms with Crippen LogP contribution in [0, 0.1) is 0 Å². The quantitative estimate of drug-likeness (QED) is 0.785. The maximum Gasteiger partial charge on any atom is 0.130 e. The standard InChI is InChI=1S/C9H13N3.C2H6/c1-2-8-11-5-7(6-3-4-6)9(10)12-8;1-2/h5-6H,2-4H2,1H3,(H2,10,11,12);1-2H3. The van der Waals surface area contributed by atoms with Gasteiger partial charge < -0.3 is 5.73 Å². The van der Waals surface area contributed by atoms with E-state index < -0.39 is 0 Å². The molecule has 1 saturated carbocycles. The number of hydrogen-bond donors (Lipinski definition) is 1. The third-order valence-electron chi connectivity index (χ3n) is 2.23. The molecule has 0 spiro atoms. The number of hydrogen-bond acceptors (Lipinski definition) is 3. The fourth-order valence-electron chi connectivity index (χ4n) is 1.32. The van der Waals surface area contributed by atoms with Gasteiger partial charge >= 0.3 is 0 Å². The van der Waals surface area contributed by atoms with E-state index in [1.165, 1.54) is 12.8 Å². The number of nitrogens with two attached hydrogens (primary N) is 1. The number of aromatic nitrogens is 2. The van der Waals surface area contributed by atoms with Crippen LogP contribution in [0.25, 0.3) is 0 Å². The lowest BCUT2D eigenvalue weighted by atomic mass is 10.2. The fraction of sp³-hybridized carbons (Fsp3) is 0.636. The van der Waals surface area contributed by atoms with Gasteiger partial charge in [-0.15, -0.1) is 0 Å². The average Bonchev–Trinajstić information content (AvgIpc) is 3.04. The molecule has 0 radical (unpaired) electrons. The topological polar surface area (TPSA) is 51.8 Å². The Morgan fingerprint density at radius 3 is 2.50 bits per heavy atom. The van der Waals surface area contributed by atoms with E-state index >= 15 is 0 Å². The first-order valence-corrected chi connectivity index (χ1v) is 5.42. The summed E-state index contributed by atoms with van der Waals surface area (Å²) in [7, 11) is 0. The van der Waals surface area contributed by atoms with Crippen LogP contribution >= 0.6 is 0 Å². The van der Waals surface area contributed by atoms with Crippen molar-refractivity contribution in [2.45, 2.75) is 46.0 Å². The SMILES string of the molecule is CC.CCc1ncc(C2CC2)c(N)n1. The van der Waals surface area contributed by atoms with Gasteiger partial charge in [0, 0.05) is 18.2 Å². The van der Waals surface area contributed by atoms with E-state index in [1.54, 1.807) is 0 Å². The molecule has 0 aliphatic heterocycles. The second-order valence-corrected chi connectivity index (χ2v) is 3.25. The van der Waals surface area contributed by atoms with Crippen molar-refractivity contribution in [1.82, 2.24) is 9.97 Å². The Balaban J connectivity index is 0.000000461. The van der Waals surface area contributed by atoms with Crippen molar-refractivity contribution < 1.29 is 0 Å². The zero-order valence-corrected chi connectivity index (χ0v) is 9.25. The van der Waals surface area contributed by atoms with Gasteiger partial charge in [0.1, 0.15) is 11.6 Å². The van der Waals surface area contributed by atoms with Crippen molar-refractivity contribution in [3.05, 3.63) is 17.6 Å². The van der Waals surface area contributed by atoms with Gasteiger partial charge in [0.05, 0.1) is 0 Å². The minimum atomic E-state index is 0.649. The third-order valence-corrected chi connectivity index (χ3v) is 2.23. The Morgan fingerprint density at radius 2 is 2.07 bits per heavy atom. The van der Waals surface area contributed by atoms with Gasteiger partial charge in [-0.05, 0) is 18.8 Å². The lowest BCUT2D eigenvalue weighted by molar-refractivity contribution is 0.918. The molecule has 2 N–H and O–H groups in total. The van der Waals surface area contributed by atoms with E-state index in [0.29, 0.717) is 11.7 Å². The highest BCUT2D eigenvalue weighted by molar-refractivity contribution is 5.42. The summed E-state index contributed by atoms with van der Waals surface area (Å²) < 4.78 is 0. The van der Waals surface area contributed by atoms with Gasteiger partial charge in [0.25, 0.3) is 0 Å². The summed E-state index contributed by atoms with van der Waals surface area (Å²) in [6.07, 6.45) is 5.24. The summed E-state index contributed by atoms with van der Waals surface area (Å²) >= 11 is 0. The van der Waals surface area contributed by atoms with Crippen molar-refractivity contribution in [2.24, 2.45) is 0 Å². The van der Waals surface area contributed by atoms with Gasteiger partial charge in [-0.2, -0.15) is 0 Å². The van der Waals surface area contributed by atoms with E-state index in [4.69, 9.17) is 5.73 Å². The summed E-state index contributed by atoms with van der Waals surface area (Å²) in [6.45, 7) is 6.03. The number of nitrogens with zero attached hydrogens (tertiary/aromatic N) is 2. The van der Waals surface area contributed by atoms with Crippen molar-refractivity contribution >= 4 is 5.82 Å². The highest BCUT2D eigenvalue weighted by Gasteiger charge is 2.26. The molecule has 0 aromatic carbocycles. The number of aryl methyl sites for hydroxylation is 1. The highest BCUT2D eigenvalue weighted by Crippen LogP contribution is 2.41. The summed E-state index contributed by atoms with van der Waals surface area (Å²) in [4.78, 5) is 8.45. The molecule has 3 heteroatoms. The van der Waals surface area contributed by atoms with Crippen LogP contribution < -0.4 is 5.73 Å². The van der Waals surface area contributed by atoms with Crippen LogP contribution in [0.15, 0.2) is 6.20 Å². The van der Waals surface area contributed by atoms with E-state index in [0.717, 1.165) is 17.8 Å². The first-order valence-electron chi connectivity index (χ1n) is 5.42. The molecule has 1 heterocycles. The van der Waals surface area contributed by atoms with Gasteiger partial charge in [0.15, 0.2) is 0 Å². The van der Waals surface area contributed by atoms with E-state index in [2.05, 4.69) is 9.97 Å². The molecule has 1 aromatic heterocycles. The molecule has 1 fully saturated rings. The Hall–Kier alpha value is -1.12. The van der Waals surface area contributed by atoms with Crippen molar-refractivity contribution in [3.8, 4) is 0 Å². The summed E-state index contributed by atoms with van der Waals surface area (Å²) in [5.41, 5.74) is 6.93.